The number of nitrogens with zero attached hydrogens (tertiary/aromatic N) is 1. The Bertz CT molecular complexity index is 1370. The molecule has 0 spiro atoms. The topological polar surface area (TPSA) is 68.3 Å². The molecule has 1 amide bonds. The molecule has 0 fully saturated rings. The van der Waals surface area contributed by atoms with Crippen LogP contribution in [0.3, 0.4) is 0 Å². The van der Waals surface area contributed by atoms with Crippen molar-refractivity contribution >= 4 is 60.3 Å². The third kappa shape index (κ3) is 5.37. The molecule has 0 atom stereocenters. The van der Waals surface area contributed by atoms with Crippen LogP contribution in [-0.4, -0.2) is 23.5 Å². The second-order valence-corrected chi connectivity index (χ2v) is 9.68. The molecule has 3 aromatic carbocycles. The number of halogens is 2. The molecular weight excluding hydrogens is 560 g/mol. The lowest BCUT2D eigenvalue weighted by Crippen LogP contribution is -2.14. The third-order valence-corrected chi connectivity index (χ3v) is 6.26. The summed E-state index contributed by atoms with van der Waals surface area (Å²) >= 11 is 7.00. The van der Waals surface area contributed by atoms with Crippen LogP contribution in [0.25, 0.3) is 22.2 Å². The van der Waals surface area contributed by atoms with Gasteiger partial charge in [0.1, 0.15) is 0 Å². The SMILES string of the molecule is CCCOC(=O)c1ccc(NC(=O)c2cc(-c3ccc(Br)cc3)nc3c(C)cc(Br)cc23)cc1. The van der Waals surface area contributed by atoms with Gasteiger partial charge in [0.25, 0.3) is 5.91 Å². The summed E-state index contributed by atoms with van der Waals surface area (Å²) in [6.07, 6.45) is 0.762. The molecule has 1 aromatic heterocycles. The average Bonchev–Trinajstić information content (AvgIpc) is 2.83. The van der Waals surface area contributed by atoms with Crippen molar-refractivity contribution in [1.29, 1.82) is 0 Å². The number of esters is 1. The molecule has 0 saturated heterocycles. The number of anilines is 1. The molecule has 0 aliphatic carbocycles. The van der Waals surface area contributed by atoms with Gasteiger partial charge < -0.3 is 10.1 Å². The Morgan fingerprint density at radius 2 is 1.65 bits per heavy atom. The zero-order valence-electron chi connectivity index (χ0n) is 18.7. The van der Waals surface area contributed by atoms with E-state index in [4.69, 9.17) is 9.72 Å². The van der Waals surface area contributed by atoms with Crippen molar-refractivity contribution in [3.63, 3.8) is 0 Å². The average molecular weight is 582 g/mol. The van der Waals surface area contributed by atoms with Gasteiger partial charge in [0.15, 0.2) is 0 Å². The number of rotatable bonds is 6. The summed E-state index contributed by atoms with van der Waals surface area (Å²) in [4.78, 5) is 30.3. The number of carbonyl (C=O) groups is 2. The number of nitrogens with one attached hydrogen (secondary N) is 1. The summed E-state index contributed by atoms with van der Waals surface area (Å²) in [6.45, 7) is 4.29. The Morgan fingerprint density at radius 3 is 2.32 bits per heavy atom. The lowest BCUT2D eigenvalue weighted by Gasteiger charge is -2.13. The highest BCUT2D eigenvalue weighted by atomic mass is 79.9. The second kappa shape index (κ2) is 10.5. The number of hydrogen-bond donors (Lipinski definition) is 1. The van der Waals surface area contributed by atoms with Gasteiger partial charge in [-0.15, -0.1) is 0 Å². The summed E-state index contributed by atoms with van der Waals surface area (Å²) in [6, 6.07) is 20.2. The molecule has 0 saturated carbocycles. The summed E-state index contributed by atoms with van der Waals surface area (Å²) in [5.74, 6) is -0.635. The van der Waals surface area contributed by atoms with Crippen LogP contribution in [-0.2, 0) is 4.74 Å². The summed E-state index contributed by atoms with van der Waals surface area (Å²) < 4.78 is 7.00. The van der Waals surface area contributed by atoms with E-state index in [9.17, 15) is 9.59 Å². The lowest BCUT2D eigenvalue weighted by atomic mass is 10.0. The molecule has 0 unspecified atom stereocenters. The van der Waals surface area contributed by atoms with Crippen molar-refractivity contribution in [1.82, 2.24) is 4.98 Å². The Labute approximate surface area is 214 Å². The molecule has 0 aliphatic rings. The predicted octanol–water partition coefficient (Wildman–Crippen LogP) is 7.55. The van der Waals surface area contributed by atoms with Gasteiger partial charge in [-0.1, -0.05) is 50.9 Å². The van der Waals surface area contributed by atoms with Gasteiger partial charge in [-0.25, -0.2) is 9.78 Å². The van der Waals surface area contributed by atoms with Crippen LogP contribution in [0.1, 0.15) is 39.6 Å². The maximum absolute atomic E-state index is 13.4. The number of aryl methyl sites for hydroxylation is 1. The highest BCUT2D eigenvalue weighted by Crippen LogP contribution is 2.30. The molecule has 4 aromatic rings. The van der Waals surface area contributed by atoms with Crippen molar-refractivity contribution in [2.24, 2.45) is 0 Å². The normalized spacial score (nSPS) is 10.8. The van der Waals surface area contributed by atoms with Crippen molar-refractivity contribution in [2.75, 3.05) is 11.9 Å². The Balaban J connectivity index is 1.70. The highest BCUT2D eigenvalue weighted by Gasteiger charge is 2.17. The van der Waals surface area contributed by atoms with Crippen LogP contribution in [0.2, 0.25) is 0 Å². The Hall–Kier alpha value is -3.03. The number of benzene rings is 3. The van der Waals surface area contributed by atoms with Gasteiger partial charge in [-0.05, 0) is 73.5 Å². The minimum atomic E-state index is -0.376. The van der Waals surface area contributed by atoms with E-state index in [2.05, 4.69) is 37.2 Å². The third-order valence-electron chi connectivity index (χ3n) is 5.27. The smallest absolute Gasteiger partial charge is 0.338 e. The molecule has 5 nitrogen and oxygen atoms in total. The first-order valence-corrected chi connectivity index (χ1v) is 12.4. The quantitative estimate of drug-likeness (QED) is 0.239. The molecule has 0 aliphatic heterocycles. The lowest BCUT2D eigenvalue weighted by molar-refractivity contribution is 0.0505. The highest BCUT2D eigenvalue weighted by molar-refractivity contribution is 9.10. The van der Waals surface area contributed by atoms with E-state index in [0.29, 0.717) is 29.1 Å². The number of pyridine rings is 1. The molecule has 34 heavy (non-hydrogen) atoms. The molecule has 0 radical (unpaired) electrons. The molecule has 4 rings (SSSR count). The summed E-state index contributed by atoms with van der Waals surface area (Å²) in [5, 5.41) is 3.70. The van der Waals surface area contributed by atoms with Gasteiger partial charge >= 0.3 is 5.97 Å². The first kappa shape index (κ1) is 24.1. The molecule has 7 heteroatoms. The molecule has 1 N–H and O–H groups in total. The number of aromatic nitrogens is 1. The maximum Gasteiger partial charge on any atom is 0.338 e. The summed E-state index contributed by atoms with van der Waals surface area (Å²) in [7, 11) is 0. The van der Waals surface area contributed by atoms with E-state index in [0.717, 1.165) is 37.4 Å². The second-order valence-electron chi connectivity index (χ2n) is 7.85. The van der Waals surface area contributed by atoms with Crippen LogP contribution < -0.4 is 5.32 Å². The standard InChI is InChI=1S/C27H22Br2N2O3/c1-3-12-34-27(33)18-6-10-21(11-7-18)30-26(32)23-15-24(17-4-8-19(28)9-5-17)31-25-16(2)13-20(29)14-22(23)25/h4-11,13-15H,3,12H2,1-2H3,(H,30,32). The molecule has 1 heterocycles. The number of carbonyl (C=O) groups excluding carboxylic acids is 2. The van der Waals surface area contributed by atoms with E-state index < -0.39 is 0 Å². The van der Waals surface area contributed by atoms with Crippen LogP contribution >= 0.6 is 31.9 Å². The molecule has 0 bridgehead atoms. The fourth-order valence-electron chi connectivity index (χ4n) is 3.58. The van der Waals surface area contributed by atoms with E-state index >= 15 is 0 Å². The Kier molecular flexibility index (Phi) is 7.44. The maximum atomic E-state index is 13.4. The minimum absolute atomic E-state index is 0.260. The predicted molar refractivity (Wildman–Crippen MR) is 142 cm³/mol. The zero-order valence-corrected chi connectivity index (χ0v) is 21.9. The molecule has 172 valence electrons. The van der Waals surface area contributed by atoms with E-state index in [1.807, 2.05) is 56.3 Å². The van der Waals surface area contributed by atoms with Crippen molar-refractivity contribution in [3.8, 4) is 11.3 Å². The van der Waals surface area contributed by atoms with Crippen LogP contribution in [0.5, 0.6) is 0 Å². The number of fused-ring (bicyclic) bond motifs is 1. The van der Waals surface area contributed by atoms with Gasteiger partial charge in [0.2, 0.25) is 0 Å². The van der Waals surface area contributed by atoms with Crippen LogP contribution in [0.4, 0.5) is 5.69 Å². The van der Waals surface area contributed by atoms with Gasteiger partial charge in [0.05, 0.1) is 28.9 Å². The van der Waals surface area contributed by atoms with Crippen LogP contribution in [0, 0.1) is 6.92 Å². The van der Waals surface area contributed by atoms with Crippen LogP contribution in [0.15, 0.2) is 75.7 Å². The first-order chi connectivity index (χ1) is 16.4. The van der Waals surface area contributed by atoms with Crippen molar-refractivity contribution in [3.05, 3.63) is 92.4 Å². The van der Waals surface area contributed by atoms with E-state index in [-0.39, 0.29) is 11.9 Å². The van der Waals surface area contributed by atoms with Crippen molar-refractivity contribution < 1.29 is 14.3 Å². The fraction of sp³-hybridized carbons (Fsp3) is 0.148. The van der Waals surface area contributed by atoms with Gasteiger partial charge in [0, 0.05) is 25.6 Å². The minimum Gasteiger partial charge on any atom is -0.462 e. The number of hydrogen-bond acceptors (Lipinski definition) is 4. The zero-order chi connectivity index (χ0) is 24.2. The van der Waals surface area contributed by atoms with E-state index in [1.54, 1.807) is 24.3 Å². The fourth-order valence-corrected chi connectivity index (χ4v) is 4.42. The van der Waals surface area contributed by atoms with Gasteiger partial charge in [-0.2, -0.15) is 0 Å². The van der Waals surface area contributed by atoms with Gasteiger partial charge in [-0.3, -0.25) is 4.79 Å². The molecular formula is C27H22Br2N2O3. The first-order valence-electron chi connectivity index (χ1n) is 10.8. The largest absolute Gasteiger partial charge is 0.462 e. The number of ether oxygens (including phenoxy) is 1. The Morgan fingerprint density at radius 1 is 0.941 bits per heavy atom. The monoisotopic (exact) mass is 580 g/mol. The summed E-state index contributed by atoms with van der Waals surface area (Å²) in [5.41, 5.74) is 4.90. The van der Waals surface area contributed by atoms with E-state index in [1.165, 1.54) is 0 Å². The van der Waals surface area contributed by atoms with Crippen molar-refractivity contribution in [2.45, 2.75) is 20.3 Å². The number of amides is 1.